The number of rotatable bonds is 4. The van der Waals surface area contributed by atoms with Gasteiger partial charge in [-0.2, -0.15) is 0 Å². The number of benzene rings is 1. The van der Waals surface area contributed by atoms with Crippen molar-refractivity contribution in [3.8, 4) is 0 Å². The second-order valence-electron chi connectivity index (χ2n) is 6.69. The van der Waals surface area contributed by atoms with E-state index < -0.39 is 10.0 Å². The van der Waals surface area contributed by atoms with Crippen LogP contribution in [0.15, 0.2) is 52.4 Å². The molecule has 0 N–H and O–H groups in total. The number of amidine groups is 1. The molecule has 1 saturated heterocycles. The molecule has 1 aliphatic heterocycles. The predicted octanol–water partition coefficient (Wildman–Crippen LogP) is 2.91. The Morgan fingerprint density at radius 3 is 2.64 bits per heavy atom. The van der Waals surface area contributed by atoms with E-state index in [2.05, 4.69) is 9.98 Å². The molecule has 0 bridgehead atoms. The molecule has 1 atom stereocenters. The molecule has 3 rings (SSSR count). The van der Waals surface area contributed by atoms with Crippen LogP contribution in [0.25, 0.3) is 0 Å². The molecule has 2 aromatic rings. The molecule has 7 nitrogen and oxygen atoms in total. The molecule has 1 amide bonds. The maximum Gasteiger partial charge on any atom is 0.278 e. The van der Waals surface area contributed by atoms with Crippen LogP contribution < -0.4 is 0 Å². The monoisotopic (exact) mass is 418 g/mol. The first-order valence-electron chi connectivity index (χ1n) is 8.72. The van der Waals surface area contributed by atoms with Crippen molar-refractivity contribution in [1.82, 2.24) is 14.2 Å². The second kappa shape index (κ2) is 8.02. The van der Waals surface area contributed by atoms with Crippen molar-refractivity contribution in [3.63, 3.8) is 0 Å². The van der Waals surface area contributed by atoms with Crippen LogP contribution >= 0.6 is 11.8 Å². The van der Waals surface area contributed by atoms with Crippen molar-refractivity contribution >= 4 is 38.5 Å². The fourth-order valence-electron chi connectivity index (χ4n) is 2.71. The van der Waals surface area contributed by atoms with Crippen LogP contribution in [0.5, 0.6) is 0 Å². The Kier molecular flexibility index (Phi) is 5.87. The number of nitrogens with zero attached hydrogens (tertiary/aromatic N) is 4. The normalized spacial score (nSPS) is 18.8. The van der Waals surface area contributed by atoms with Crippen LogP contribution in [0.2, 0.25) is 0 Å². The average Bonchev–Trinajstić information content (AvgIpc) is 3.01. The first-order chi connectivity index (χ1) is 13.2. The Hall–Kier alpha value is -2.23. The summed E-state index contributed by atoms with van der Waals surface area (Å²) in [5.74, 6) is -0.212. The highest BCUT2D eigenvalue weighted by Crippen LogP contribution is 2.30. The van der Waals surface area contributed by atoms with Gasteiger partial charge in [-0.25, -0.2) is 22.7 Å². The molecule has 9 heteroatoms. The summed E-state index contributed by atoms with van der Waals surface area (Å²) in [6.07, 6.45) is 0. The molecule has 1 fully saturated rings. The SMILES string of the molecule is Cc1cccc(C(=O)N2CC(C)SC2=Nc2cccc(S(=O)(=O)N(C)C)c2)n1. The highest BCUT2D eigenvalue weighted by atomic mass is 32.2. The molecule has 1 aromatic carbocycles. The van der Waals surface area contributed by atoms with Gasteiger partial charge in [0.25, 0.3) is 5.91 Å². The lowest BCUT2D eigenvalue weighted by molar-refractivity contribution is 0.0849. The molecule has 148 valence electrons. The molecule has 28 heavy (non-hydrogen) atoms. The van der Waals surface area contributed by atoms with Crippen LogP contribution in [0.1, 0.15) is 23.1 Å². The number of aryl methyl sites for hydroxylation is 1. The molecular formula is C19H22N4O3S2. The number of thioether (sulfide) groups is 1. The van der Waals surface area contributed by atoms with Gasteiger partial charge in [-0.15, -0.1) is 0 Å². The topological polar surface area (TPSA) is 82.9 Å². The van der Waals surface area contributed by atoms with Gasteiger partial charge in [-0.05, 0) is 37.3 Å². The van der Waals surface area contributed by atoms with Crippen LogP contribution in [-0.4, -0.2) is 59.6 Å². The maximum absolute atomic E-state index is 12.9. The molecule has 1 unspecified atom stereocenters. The minimum absolute atomic E-state index is 0.161. The summed E-state index contributed by atoms with van der Waals surface area (Å²) in [6.45, 7) is 4.38. The first kappa shape index (κ1) is 20.5. The van der Waals surface area contributed by atoms with Gasteiger partial charge in [0, 0.05) is 31.6 Å². The molecule has 0 radical (unpaired) electrons. The van der Waals surface area contributed by atoms with Crippen molar-refractivity contribution in [2.24, 2.45) is 4.99 Å². The van der Waals surface area contributed by atoms with Crippen molar-refractivity contribution in [3.05, 3.63) is 53.9 Å². The van der Waals surface area contributed by atoms with Crippen LogP contribution in [-0.2, 0) is 10.0 Å². The quantitative estimate of drug-likeness (QED) is 0.762. The lowest BCUT2D eigenvalue weighted by Gasteiger charge is -2.16. The number of aromatic nitrogens is 1. The number of amides is 1. The van der Waals surface area contributed by atoms with Crippen molar-refractivity contribution in [1.29, 1.82) is 0 Å². The van der Waals surface area contributed by atoms with E-state index in [-0.39, 0.29) is 16.1 Å². The van der Waals surface area contributed by atoms with Gasteiger partial charge in [-0.3, -0.25) is 9.69 Å². The van der Waals surface area contributed by atoms with E-state index >= 15 is 0 Å². The first-order valence-corrected chi connectivity index (χ1v) is 11.0. The Balaban J connectivity index is 1.95. The van der Waals surface area contributed by atoms with Crippen LogP contribution in [0, 0.1) is 6.92 Å². The summed E-state index contributed by atoms with van der Waals surface area (Å²) in [4.78, 5) is 23.6. The number of sulfonamides is 1. The van der Waals surface area contributed by atoms with Gasteiger partial charge < -0.3 is 0 Å². The van der Waals surface area contributed by atoms with Crippen LogP contribution in [0.4, 0.5) is 5.69 Å². The third-order valence-electron chi connectivity index (χ3n) is 4.15. The standard InChI is InChI=1S/C19H22N4O3S2/c1-13-7-5-10-17(20-13)18(24)23-12-14(2)27-19(23)21-15-8-6-9-16(11-15)28(25,26)22(3)4/h5-11,14H,12H2,1-4H3. The lowest BCUT2D eigenvalue weighted by Crippen LogP contribution is -2.33. The fraction of sp³-hybridized carbons (Fsp3) is 0.316. The van der Waals surface area contributed by atoms with E-state index in [0.717, 1.165) is 10.00 Å². The van der Waals surface area contributed by atoms with Gasteiger partial charge in [0.05, 0.1) is 10.6 Å². The Morgan fingerprint density at radius 2 is 1.96 bits per heavy atom. The number of hydrogen-bond donors (Lipinski definition) is 0. The number of aliphatic imine (C=N–C) groups is 1. The van der Waals surface area contributed by atoms with Crippen molar-refractivity contribution < 1.29 is 13.2 Å². The maximum atomic E-state index is 12.9. The average molecular weight is 419 g/mol. The minimum atomic E-state index is -3.55. The zero-order chi connectivity index (χ0) is 20.5. The van der Waals surface area contributed by atoms with Crippen molar-refractivity contribution in [2.45, 2.75) is 24.0 Å². The van der Waals surface area contributed by atoms with E-state index in [4.69, 9.17) is 0 Å². The van der Waals surface area contributed by atoms with Gasteiger partial charge in [0.1, 0.15) is 5.69 Å². The number of hydrogen-bond acceptors (Lipinski definition) is 6. The molecule has 0 spiro atoms. The van der Waals surface area contributed by atoms with E-state index in [1.807, 2.05) is 19.9 Å². The molecule has 0 saturated carbocycles. The highest BCUT2D eigenvalue weighted by molar-refractivity contribution is 8.14. The van der Waals surface area contributed by atoms with E-state index in [1.165, 1.54) is 38.0 Å². The van der Waals surface area contributed by atoms with Gasteiger partial charge in [-0.1, -0.05) is 30.8 Å². The van der Waals surface area contributed by atoms with E-state index in [9.17, 15) is 13.2 Å². The van der Waals surface area contributed by atoms with E-state index in [1.54, 1.807) is 29.2 Å². The van der Waals surface area contributed by atoms with Crippen LogP contribution in [0.3, 0.4) is 0 Å². The summed E-state index contributed by atoms with van der Waals surface area (Å²) in [5, 5.41) is 0.724. The zero-order valence-electron chi connectivity index (χ0n) is 16.2. The Morgan fingerprint density at radius 1 is 1.25 bits per heavy atom. The minimum Gasteiger partial charge on any atom is -0.285 e. The summed E-state index contributed by atoms with van der Waals surface area (Å²) >= 11 is 1.48. The third kappa shape index (κ3) is 4.26. The Bertz CT molecular complexity index is 1030. The number of carbonyl (C=O) groups excluding carboxylic acids is 1. The smallest absolute Gasteiger partial charge is 0.278 e. The second-order valence-corrected chi connectivity index (χ2v) is 10.2. The number of pyridine rings is 1. The molecule has 1 aromatic heterocycles. The van der Waals surface area contributed by atoms with E-state index in [0.29, 0.717) is 23.1 Å². The Labute approximate surface area is 169 Å². The highest BCUT2D eigenvalue weighted by Gasteiger charge is 2.32. The largest absolute Gasteiger partial charge is 0.285 e. The lowest BCUT2D eigenvalue weighted by atomic mass is 10.3. The summed E-state index contributed by atoms with van der Waals surface area (Å²) in [5.41, 5.74) is 1.62. The number of carbonyl (C=O) groups is 1. The molecule has 0 aliphatic carbocycles. The summed E-state index contributed by atoms with van der Waals surface area (Å²) in [7, 11) is -0.587. The van der Waals surface area contributed by atoms with Crippen molar-refractivity contribution in [2.75, 3.05) is 20.6 Å². The van der Waals surface area contributed by atoms with Gasteiger partial charge in [0.2, 0.25) is 10.0 Å². The third-order valence-corrected chi connectivity index (χ3v) is 7.04. The molecule has 2 heterocycles. The summed E-state index contributed by atoms with van der Waals surface area (Å²) in [6, 6.07) is 11.7. The molecule has 1 aliphatic rings. The van der Waals surface area contributed by atoms with Gasteiger partial charge >= 0.3 is 0 Å². The summed E-state index contributed by atoms with van der Waals surface area (Å²) < 4.78 is 25.9. The van der Waals surface area contributed by atoms with Gasteiger partial charge in [0.15, 0.2) is 5.17 Å². The zero-order valence-corrected chi connectivity index (χ0v) is 17.8. The molecular weight excluding hydrogens is 396 g/mol. The fourth-order valence-corrected chi connectivity index (χ4v) is 4.68. The predicted molar refractivity (Wildman–Crippen MR) is 111 cm³/mol.